The lowest BCUT2D eigenvalue weighted by Gasteiger charge is -2.36. The number of ether oxygens (including phenoxy) is 2. The summed E-state index contributed by atoms with van der Waals surface area (Å²) in [5, 5.41) is 0. The smallest absolute Gasteiger partial charge is 0.330 e. The first-order valence-corrected chi connectivity index (χ1v) is 11.9. The molecule has 36 heavy (non-hydrogen) atoms. The Labute approximate surface area is 208 Å². The van der Waals surface area contributed by atoms with Gasteiger partial charge in [-0.3, -0.25) is 14.3 Å². The summed E-state index contributed by atoms with van der Waals surface area (Å²) in [6, 6.07) is 30.9. The van der Waals surface area contributed by atoms with Gasteiger partial charge in [0.1, 0.15) is 5.60 Å². The third-order valence-electron chi connectivity index (χ3n) is 6.59. The molecule has 0 radical (unpaired) electrons. The molecule has 1 aliphatic heterocycles. The Morgan fingerprint density at radius 1 is 0.917 bits per heavy atom. The van der Waals surface area contributed by atoms with E-state index < -0.39 is 34.9 Å². The molecule has 0 unspecified atom stereocenters. The molecule has 1 fully saturated rings. The lowest BCUT2D eigenvalue weighted by Crippen LogP contribution is -2.38. The Bertz CT molecular complexity index is 1320. The van der Waals surface area contributed by atoms with Gasteiger partial charge < -0.3 is 9.47 Å². The van der Waals surface area contributed by atoms with Crippen molar-refractivity contribution < 1.29 is 13.9 Å². The van der Waals surface area contributed by atoms with Gasteiger partial charge in [0.25, 0.3) is 5.56 Å². The number of nitrogens with one attached hydrogen (secondary N) is 1. The van der Waals surface area contributed by atoms with Crippen LogP contribution in [-0.4, -0.2) is 27.9 Å². The maximum Gasteiger partial charge on any atom is 0.330 e. The van der Waals surface area contributed by atoms with E-state index in [1.165, 1.54) is 19.2 Å². The molecular formula is C29H27FN2O4. The van der Waals surface area contributed by atoms with Crippen molar-refractivity contribution in [2.24, 2.45) is 0 Å². The van der Waals surface area contributed by atoms with E-state index >= 15 is 4.39 Å². The van der Waals surface area contributed by atoms with Crippen LogP contribution in [0.5, 0.6) is 0 Å². The van der Waals surface area contributed by atoms with Crippen LogP contribution < -0.4 is 11.2 Å². The second-order valence-electron chi connectivity index (χ2n) is 9.20. The van der Waals surface area contributed by atoms with E-state index in [-0.39, 0.29) is 13.0 Å². The summed E-state index contributed by atoms with van der Waals surface area (Å²) in [6.07, 6.45) is -0.526. The number of benzene rings is 3. The Hall–Kier alpha value is -3.81. The number of alkyl halides is 1. The number of rotatable bonds is 7. The van der Waals surface area contributed by atoms with Gasteiger partial charge in [-0.1, -0.05) is 91.0 Å². The topological polar surface area (TPSA) is 73.3 Å². The van der Waals surface area contributed by atoms with Crippen LogP contribution in [0.1, 0.15) is 36.3 Å². The maximum atomic E-state index is 15.6. The van der Waals surface area contributed by atoms with E-state index in [9.17, 15) is 9.59 Å². The van der Waals surface area contributed by atoms with Crippen molar-refractivity contribution in [3.63, 3.8) is 0 Å². The van der Waals surface area contributed by atoms with Gasteiger partial charge in [-0.05, 0) is 23.6 Å². The lowest BCUT2D eigenvalue weighted by molar-refractivity contribution is -0.0914. The van der Waals surface area contributed by atoms with Crippen molar-refractivity contribution in [1.29, 1.82) is 0 Å². The first-order chi connectivity index (χ1) is 17.4. The van der Waals surface area contributed by atoms with Gasteiger partial charge in [0.15, 0.2) is 11.9 Å². The number of hydrogen-bond donors (Lipinski definition) is 1. The molecule has 7 heteroatoms. The molecule has 0 spiro atoms. The minimum atomic E-state index is -1.84. The zero-order valence-electron chi connectivity index (χ0n) is 19.8. The molecule has 3 atom stereocenters. The average molecular weight is 487 g/mol. The first kappa shape index (κ1) is 23.9. The molecule has 0 saturated carbocycles. The van der Waals surface area contributed by atoms with E-state index in [2.05, 4.69) is 4.98 Å². The van der Waals surface area contributed by atoms with Gasteiger partial charge in [0.05, 0.1) is 12.7 Å². The van der Waals surface area contributed by atoms with E-state index in [0.29, 0.717) is 0 Å². The molecule has 0 bridgehead atoms. The number of halogens is 1. The van der Waals surface area contributed by atoms with Crippen LogP contribution >= 0.6 is 0 Å². The molecule has 0 amide bonds. The molecule has 0 aliphatic carbocycles. The third-order valence-corrected chi connectivity index (χ3v) is 6.59. The van der Waals surface area contributed by atoms with Gasteiger partial charge in [-0.2, -0.15) is 0 Å². The number of aromatic amines is 1. The summed E-state index contributed by atoms with van der Waals surface area (Å²) >= 11 is 0. The van der Waals surface area contributed by atoms with Crippen molar-refractivity contribution in [2.75, 3.05) is 6.61 Å². The fourth-order valence-corrected chi connectivity index (χ4v) is 4.97. The molecule has 1 N–H and O–H groups in total. The third kappa shape index (κ3) is 4.43. The molecular weight excluding hydrogens is 459 g/mol. The Kier molecular flexibility index (Phi) is 6.43. The van der Waals surface area contributed by atoms with Crippen molar-refractivity contribution in [2.45, 2.75) is 36.9 Å². The number of aromatic nitrogens is 2. The van der Waals surface area contributed by atoms with E-state index in [0.717, 1.165) is 21.3 Å². The summed E-state index contributed by atoms with van der Waals surface area (Å²) in [5.74, 6) is 0. The van der Waals surface area contributed by atoms with Crippen molar-refractivity contribution in [3.8, 4) is 0 Å². The highest BCUT2D eigenvalue weighted by molar-refractivity contribution is 5.47. The summed E-state index contributed by atoms with van der Waals surface area (Å²) in [6.45, 7) is 1.47. The Morgan fingerprint density at radius 3 is 1.89 bits per heavy atom. The highest BCUT2D eigenvalue weighted by Gasteiger charge is 2.48. The van der Waals surface area contributed by atoms with Gasteiger partial charge >= 0.3 is 5.69 Å². The fraction of sp³-hybridized carbons (Fsp3) is 0.241. The van der Waals surface area contributed by atoms with Crippen molar-refractivity contribution in [1.82, 2.24) is 9.55 Å². The minimum absolute atomic E-state index is 0.0255. The Balaban J connectivity index is 1.52. The zero-order chi connectivity index (χ0) is 25.2. The number of nitrogens with zero attached hydrogens (tertiary/aromatic N) is 1. The lowest BCUT2D eigenvalue weighted by atomic mass is 9.80. The monoisotopic (exact) mass is 486 g/mol. The summed E-state index contributed by atoms with van der Waals surface area (Å²) in [5.41, 5.74) is -1.29. The van der Waals surface area contributed by atoms with Crippen LogP contribution in [0, 0.1) is 0 Å². The molecule has 5 rings (SSSR count). The predicted octanol–water partition coefficient (Wildman–Crippen LogP) is 4.56. The predicted molar refractivity (Wildman–Crippen MR) is 135 cm³/mol. The zero-order valence-corrected chi connectivity index (χ0v) is 19.8. The molecule has 1 aromatic heterocycles. The SMILES string of the molecule is C[C@@]1(F)C[C@@H](COC(c2ccccc2)(c2ccccc2)c2ccccc2)O[C@H]1n1ccc(=O)[nH]c1=O. The normalized spacial score (nSPS) is 21.9. The average Bonchev–Trinajstić information content (AvgIpc) is 3.20. The summed E-state index contributed by atoms with van der Waals surface area (Å²) < 4.78 is 29.5. The maximum absolute atomic E-state index is 15.6. The summed E-state index contributed by atoms with van der Waals surface area (Å²) in [7, 11) is 0. The highest BCUT2D eigenvalue weighted by Crippen LogP contribution is 2.44. The van der Waals surface area contributed by atoms with E-state index in [1.807, 2.05) is 91.0 Å². The molecule has 4 aromatic rings. The second kappa shape index (κ2) is 9.68. The molecule has 3 aromatic carbocycles. The van der Waals surface area contributed by atoms with Gasteiger partial charge in [-0.15, -0.1) is 0 Å². The van der Waals surface area contributed by atoms with E-state index in [4.69, 9.17) is 9.47 Å². The molecule has 6 nitrogen and oxygen atoms in total. The van der Waals surface area contributed by atoms with Gasteiger partial charge in [0, 0.05) is 18.7 Å². The largest absolute Gasteiger partial charge is 0.358 e. The highest BCUT2D eigenvalue weighted by atomic mass is 19.1. The van der Waals surface area contributed by atoms with Crippen molar-refractivity contribution >= 4 is 0 Å². The molecule has 1 saturated heterocycles. The van der Waals surface area contributed by atoms with Crippen LogP contribution in [0.2, 0.25) is 0 Å². The second-order valence-corrected chi connectivity index (χ2v) is 9.20. The summed E-state index contributed by atoms with van der Waals surface area (Å²) in [4.78, 5) is 26.0. The number of H-pyrrole nitrogens is 1. The van der Waals surface area contributed by atoms with Crippen LogP contribution in [0.25, 0.3) is 0 Å². The standard InChI is InChI=1S/C29H27FN2O4/c1-28(30)19-24(36-26(28)32-18-17-25(33)31-27(32)34)20-35-29(21-11-5-2-6-12-21,22-13-7-3-8-14-22)23-15-9-4-10-16-23/h2-18,24,26H,19-20H2,1H3,(H,31,33,34)/t24-,26+,28+/m0/s1. The molecule has 2 heterocycles. The fourth-order valence-electron chi connectivity index (χ4n) is 4.97. The minimum Gasteiger partial charge on any atom is -0.358 e. The van der Waals surface area contributed by atoms with Crippen LogP contribution in [0.3, 0.4) is 0 Å². The van der Waals surface area contributed by atoms with Crippen molar-refractivity contribution in [3.05, 3.63) is 141 Å². The molecule has 1 aliphatic rings. The van der Waals surface area contributed by atoms with Crippen LogP contribution in [-0.2, 0) is 15.1 Å². The van der Waals surface area contributed by atoms with Crippen LogP contribution in [0.4, 0.5) is 4.39 Å². The van der Waals surface area contributed by atoms with E-state index in [1.54, 1.807) is 0 Å². The first-order valence-electron chi connectivity index (χ1n) is 11.9. The quantitative estimate of drug-likeness (QED) is 0.389. The van der Waals surface area contributed by atoms with Gasteiger partial charge in [0.2, 0.25) is 0 Å². The van der Waals surface area contributed by atoms with Crippen LogP contribution in [0.15, 0.2) is 113 Å². The Morgan fingerprint density at radius 2 is 1.42 bits per heavy atom. The molecule has 184 valence electrons. The van der Waals surface area contributed by atoms with Gasteiger partial charge in [-0.25, -0.2) is 9.18 Å². The number of hydrogen-bond acceptors (Lipinski definition) is 4.